The number of benzene rings is 4. The van der Waals surface area contributed by atoms with Crippen LogP contribution in [0.5, 0.6) is 11.5 Å². The zero-order valence-corrected chi connectivity index (χ0v) is 21.1. The number of nitrogens with zero attached hydrogens (tertiary/aromatic N) is 1. The Morgan fingerprint density at radius 1 is 0.914 bits per heavy atom. The summed E-state index contributed by atoms with van der Waals surface area (Å²) < 4.78 is 12.2. The van der Waals surface area contributed by atoms with E-state index in [1.807, 2.05) is 36.4 Å². The van der Waals surface area contributed by atoms with Crippen molar-refractivity contribution in [3.8, 4) is 11.5 Å². The van der Waals surface area contributed by atoms with E-state index in [1.54, 1.807) is 30.3 Å². The fourth-order valence-corrected chi connectivity index (χ4v) is 5.28. The van der Waals surface area contributed by atoms with Gasteiger partial charge in [-0.15, -0.1) is 0 Å². The molecule has 1 heterocycles. The van der Waals surface area contributed by atoms with Gasteiger partial charge in [-0.3, -0.25) is 9.59 Å². The lowest BCUT2D eigenvalue weighted by Crippen LogP contribution is -2.28. The molecule has 4 aromatic carbocycles. The first-order valence-corrected chi connectivity index (χ1v) is 12.5. The standard InChI is InChI=1S/C28H20BrNO4S/c1-33-25-12-5-4-11-23(25)30-27(31)26(35-28(30)32)16-18-13-14-24(22(29)15-18)34-17-20-9-6-8-19-7-2-3-10-21(19)20/h2-16H,17H2,1H3/b26-16-. The van der Waals surface area contributed by atoms with E-state index >= 15 is 0 Å². The van der Waals surface area contributed by atoms with E-state index in [0.717, 1.165) is 37.6 Å². The van der Waals surface area contributed by atoms with E-state index in [1.165, 1.54) is 12.5 Å². The molecule has 5 rings (SSSR count). The lowest BCUT2D eigenvalue weighted by Gasteiger charge is -2.15. The maximum Gasteiger partial charge on any atom is 0.298 e. The molecule has 4 aromatic rings. The third kappa shape index (κ3) is 4.70. The summed E-state index contributed by atoms with van der Waals surface area (Å²) in [5.74, 6) is 0.778. The van der Waals surface area contributed by atoms with Gasteiger partial charge in [0.1, 0.15) is 18.1 Å². The van der Waals surface area contributed by atoms with Crippen molar-refractivity contribution >= 4 is 61.4 Å². The first-order chi connectivity index (χ1) is 17.0. The average molecular weight is 546 g/mol. The molecule has 1 aliphatic rings. The molecule has 0 atom stereocenters. The van der Waals surface area contributed by atoms with Crippen molar-refractivity contribution in [2.75, 3.05) is 12.0 Å². The molecule has 35 heavy (non-hydrogen) atoms. The minimum absolute atomic E-state index is 0.345. The second kappa shape index (κ2) is 9.98. The van der Waals surface area contributed by atoms with Crippen LogP contribution in [0.15, 0.2) is 94.3 Å². The second-order valence-electron chi connectivity index (χ2n) is 7.81. The third-order valence-electron chi connectivity index (χ3n) is 5.64. The lowest BCUT2D eigenvalue weighted by molar-refractivity contribution is -0.113. The van der Waals surface area contributed by atoms with Crippen molar-refractivity contribution in [2.45, 2.75) is 6.61 Å². The summed E-state index contributed by atoms with van der Waals surface area (Å²) in [6, 6.07) is 26.9. The first kappa shape index (κ1) is 23.2. The smallest absolute Gasteiger partial charge is 0.298 e. The highest BCUT2D eigenvalue weighted by atomic mass is 79.9. The minimum Gasteiger partial charge on any atom is -0.495 e. The largest absolute Gasteiger partial charge is 0.495 e. The molecular weight excluding hydrogens is 526 g/mol. The number of para-hydroxylation sites is 2. The van der Waals surface area contributed by atoms with E-state index in [0.29, 0.717) is 28.7 Å². The Kier molecular flexibility index (Phi) is 6.61. The SMILES string of the molecule is COc1ccccc1N1C(=O)S/C(=C\c2ccc(OCc3cccc4ccccc34)c(Br)c2)C1=O. The number of fused-ring (bicyclic) bond motifs is 1. The lowest BCUT2D eigenvalue weighted by atomic mass is 10.1. The number of hydrogen-bond acceptors (Lipinski definition) is 5. The zero-order valence-electron chi connectivity index (χ0n) is 18.7. The van der Waals surface area contributed by atoms with Gasteiger partial charge in [0.05, 0.1) is 22.2 Å². The van der Waals surface area contributed by atoms with Crippen LogP contribution in [0.1, 0.15) is 11.1 Å². The number of methoxy groups -OCH3 is 1. The quantitative estimate of drug-likeness (QED) is 0.236. The molecule has 0 spiro atoms. The molecule has 0 unspecified atom stereocenters. The minimum atomic E-state index is -0.378. The average Bonchev–Trinajstić information content (AvgIpc) is 3.15. The Hall–Kier alpha value is -3.55. The highest BCUT2D eigenvalue weighted by Gasteiger charge is 2.37. The summed E-state index contributed by atoms with van der Waals surface area (Å²) in [6.07, 6.45) is 1.71. The highest BCUT2D eigenvalue weighted by Crippen LogP contribution is 2.40. The maximum atomic E-state index is 13.0. The Morgan fingerprint density at radius 2 is 1.69 bits per heavy atom. The van der Waals surface area contributed by atoms with E-state index in [4.69, 9.17) is 9.47 Å². The van der Waals surface area contributed by atoms with Crippen LogP contribution >= 0.6 is 27.7 Å². The van der Waals surface area contributed by atoms with E-state index in [9.17, 15) is 9.59 Å². The summed E-state index contributed by atoms with van der Waals surface area (Å²) in [7, 11) is 1.51. The monoisotopic (exact) mass is 545 g/mol. The van der Waals surface area contributed by atoms with E-state index < -0.39 is 0 Å². The molecule has 1 saturated heterocycles. The van der Waals surface area contributed by atoms with Gasteiger partial charge in [0.25, 0.3) is 11.1 Å². The summed E-state index contributed by atoms with van der Waals surface area (Å²) in [5, 5.41) is 1.97. The maximum absolute atomic E-state index is 13.0. The summed E-state index contributed by atoms with van der Waals surface area (Å²) >= 11 is 4.48. The Balaban J connectivity index is 1.34. The van der Waals surface area contributed by atoms with Crippen LogP contribution in [0.3, 0.4) is 0 Å². The number of carbonyl (C=O) groups is 2. The van der Waals surface area contributed by atoms with Crippen molar-refractivity contribution in [1.29, 1.82) is 0 Å². The molecule has 2 amide bonds. The molecule has 0 aliphatic carbocycles. The van der Waals surface area contributed by atoms with Gasteiger partial charge in [-0.2, -0.15) is 0 Å². The Labute approximate surface area is 215 Å². The second-order valence-corrected chi connectivity index (χ2v) is 9.65. The molecule has 0 bridgehead atoms. The van der Waals surface area contributed by atoms with Gasteiger partial charge in [-0.05, 0) is 79.9 Å². The Morgan fingerprint density at radius 3 is 2.51 bits per heavy atom. The number of thioether (sulfide) groups is 1. The van der Waals surface area contributed by atoms with Crippen LogP contribution in [-0.4, -0.2) is 18.3 Å². The number of ether oxygens (including phenoxy) is 2. The number of hydrogen-bond donors (Lipinski definition) is 0. The molecule has 1 aliphatic heterocycles. The predicted molar refractivity (Wildman–Crippen MR) is 144 cm³/mol. The van der Waals surface area contributed by atoms with Gasteiger partial charge >= 0.3 is 0 Å². The van der Waals surface area contributed by atoms with Gasteiger partial charge in [-0.25, -0.2) is 4.90 Å². The number of rotatable bonds is 6. The van der Waals surface area contributed by atoms with Gasteiger partial charge in [0.2, 0.25) is 0 Å². The number of anilines is 1. The molecule has 0 aromatic heterocycles. The Bertz CT molecular complexity index is 1480. The molecule has 5 nitrogen and oxygen atoms in total. The summed E-state index contributed by atoms with van der Waals surface area (Å²) in [6.45, 7) is 0.428. The molecule has 174 valence electrons. The van der Waals surface area contributed by atoms with Gasteiger partial charge in [-0.1, -0.05) is 60.7 Å². The van der Waals surface area contributed by atoms with Crippen LogP contribution in [0.25, 0.3) is 16.8 Å². The fraction of sp³-hybridized carbons (Fsp3) is 0.0714. The molecular formula is C28H20BrNO4S. The van der Waals surface area contributed by atoms with Crippen LogP contribution < -0.4 is 14.4 Å². The molecule has 1 fully saturated rings. The fourth-order valence-electron chi connectivity index (χ4n) is 3.94. The number of halogens is 1. The van der Waals surface area contributed by atoms with Gasteiger partial charge in [0.15, 0.2) is 0 Å². The number of amides is 2. The summed E-state index contributed by atoms with van der Waals surface area (Å²) in [4.78, 5) is 27.2. The van der Waals surface area contributed by atoms with Crippen LogP contribution in [0.2, 0.25) is 0 Å². The van der Waals surface area contributed by atoms with Crippen molar-refractivity contribution in [3.63, 3.8) is 0 Å². The highest BCUT2D eigenvalue weighted by molar-refractivity contribution is 9.10. The van der Waals surface area contributed by atoms with Gasteiger partial charge in [0, 0.05) is 0 Å². The van der Waals surface area contributed by atoms with Crippen LogP contribution in [-0.2, 0) is 11.4 Å². The van der Waals surface area contributed by atoms with E-state index in [2.05, 4.69) is 40.2 Å². The van der Waals surface area contributed by atoms with Crippen molar-refractivity contribution in [2.24, 2.45) is 0 Å². The van der Waals surface area contributed by atoms with Crippen LogP contribution in [0, 0.1) is 0 Å². The third-order valence-corrected chi connectivity index (χ3v) is 7.13. The van der Waals surface area contributed by atoms with Crippen molar-refractivity contribution in [3.05, 3.63) is 105 Å². The topological polar surface area (TPSA) is 55.8 Å². The molecule has 7 heteroatoms. The van der Waals surface area contributed by atoms with Crippen molar-refractivity contribution in [1.82, 2.24) is 0 Å². The van der Waals surface area contributed by atoms with E-state index in [-0.39, 0.29) is 11.1 Å². The normalized spacial score (nSPS) is 14.7. The zero-order chi connectivity index (χ0) is 24.4. The molecule has 0 radical (unpaired) electrons. The van der Waals surface area contributed by atoms with Crippen molar-refractivity contribution < 1.29 is 19.1 Å². The predicted octanol–water partition coefficient (Wildman–Crippen LogP) is 7.43. The molecule has 0 saturated carbocycles. The summed E-state index contributed by atoms with van der Waals surface area (Å²) in [5.41, 5.74) is 2.31. The number of carbonyl (C=O) groups excluding carboxylic acids is 2. The molecule has 0 N–H and O–H groups in total. The number of imide groups is 1. The van der Waals surface area contributed by atoms with Gasteiger partial charge < -0.3 is 9.47 Å². The first-order valence-electron chi connectivity index (χ1n) is 10.8. The van der Waals surface area contributed by atoms with Crippen LogP contribution in [0.4, 0.5) is 10.5 Å².